The van der Waals surface area contributed by atoms with E-state index in [0.717, 1.165) is 0 Å². The van der Waals surface area contributed by atoms with Crippen molar-refractivity contribution in [2.24, 2.45) is 0 Å². The molecule has 88 valence electrons. The maximum absolute atomic E-state index is 13.1. The number of nitrogens with two attached hydrogens (primary N) is 1. The number of nitrogen functional groups attached to an aromatic ring is 1. The van der Waals surface area contributed by atoms with E-state index in [1.165, 1.54) is 23.1 Å². The Kier molecular flexibility index (Phi) is 4.25. The molecule has 0 fully saturated rings. The van der Waals surface area contributed by atoms with Crippen molar-refractivity contribution in [2.75, 3.05) is 32.9 Å². The highest BCUT2D eigenvalue weighted by Gasteiger charge is 2.15. The van der Waals surface area contributed by atoms with E-state index in [-0.39, 0.29) is 17.2 Å². The number of carbonyl (C=O) groups is 1. The number of para-hydroxylation sites is 1. The first-order valence-electron chi connectivity index (χ1n) is 5.02. The van der Waals surface area contributed by atoms with Crippen molar-refractivity contribution < 1.29 is 9.18 Å². The lowest BCUT2D eigenvalue weighted by Gasteiger charge is -2.17. The van der Waals surface area contributed by atoms with Gasteiger partial charge in [0.2, 0.25) is 0 Å². The molecule has 16 heavy (non-hydrogen) atoms. The van der Waals surface area contributed by atoms with E-state index >= 15 is 0 Å². The van der Waals surface area contributed by atoms with E-state index in [1.54, 1.807) is 14.1 Å². The third-order valence-corrected chi connectivity index (χ3v) is 2.33. The fraction of sp³-hybridized carbons (Fsp3) is 0.364. The number of nitrogens with one attached hydrogen (secondary N) is 1. The molecule has 1 amide bonds. The molecule has 0 bridgehead atoms. The Bertz CT molecular complexity index is 381. The molecule has 0 aliphatic carbocycles. The first kappa shape index (κ1) is 12.4. The number of rotatable bonds is 4. The van der Waals surface area contributed by atoms with Crippen LogP contribution in [0.25, 0.3) is 0 Å². The van der Waals surface area contributed by atoms with Crippen molar-refractivity contribution in [3.8, 4) is 0 Å². The van der Waals surface area contributed by atoms with Gasteiger partial charge in [0.15, 0.2) is 0 Å². The summed E-state index contributed by atoms with van der Waals surface area (Å²) in [4.78, 5) is 13.4. The zero-order valence-corrected chi connectivity index (χ0v) is 9.46. The molecule has 0 spiro atoms. The number of amides is 1. The molecule has 0 aliphatic heterocycles. The third-order valence-electron chi connectivity index (χ3n) is 2.33. The van der Waals surface area contributed by atoms with Gasteiger partial charge in [0, 0.05) is 20.1 Å². The van der Waals surface area contributed by atoms with Crippen LogP contribution in [0, 0.1) is 5.82 Å². The maximum Gasteiger partial charge on any atom is 0.255 e. The third kappa shape index (κ3) is 2.70. The van der Waals surface area contributed by atoms with Gasteiger partial charge >= 0.3 is 0 Å². The van der Waals surface area contributed by atoms with Crippen LogP contribution in [0.1, 0.15) is 10.4 Å². The van der Waals surface area contributed by atoms with Crippen LogP contribution >= 0.6 is 0 Å². The SMILES string of the molecule is CNCCN(C)C(=O)c1cccc(F)c1N. The standard InChI is InChI=1S/C11H16FN3O/c1-14-6-7-15(2)11(16)8-4-3-5-9(12)10(8)13/h3-5,14H,6-7,13H2,1-2H3. The molecule has 4 nitrogen and oxygen atoms in total. The van der Waals surface area contributed by atoms with E-state index in [1.807, 2.05) is 0 Å². The van der Waals surface area contributed by atoms with Crippen LogP contribution in [-0.2, 0) is 0 Å². The fourth-order valence-corrected chi connectivity index (χ4v) is 1.31. The van der Waals surface area contributed by atoms with Crippen molar-refractivity contribution in [1.82, 2.24) is 10.2 Å². The van der Waals surface area contributed by atoms with E-state index in [4.69, 9.17) is 5.73 Å². The summed E-state index contributed by atoms with van der Waals surface area (Å²) in [6.07, 6.45) is 0. The highest BCUT2D eigenvalue weighted by Crippen LogP contribution is 2.17. The molecule has 0 saturated heterocycles. The average molecular weight is 225 g/mol. The number of likely N-dealkylation sites (N-methyl/N-ethyl adjacent to an activating group) is 2. The molecule has 1 aromatic carbocycles. The normalized spacial score (nSPS) is 10.2. The Morgan fingerprint density at radius 2 is 2.25 bits per heavy atom. The Labute approximate surface area is 94.2 Å². The lowest BCUT2D eigenvalue weighted by molar-refractivity contribution is 0.0797. The van der Waals surface area contributed by atoms with E-state index in [0.29, 0.717) is 13.1 Å². The van der Waals surface area contributed by atoms with Gasteiger partial charge in [-0.1, -0.05) is 6.07 Å². The fourth-order valence-electron chi connectivity index (χ4n) is 1.31. The van der Waals surface area contributed by atoms with E-state index in [2.05, 4.69) is 5.32 Å². The minimum Gasteiger partial charge on any atom is -0.396 e. The first-order valence-corrected chi connectivity index (χ1v) is 5.02. The van der Waals surface area contributed by atoms with E-state index < -0.39 is 5.82 Å². The Morgan fingerprint density at radius 1 is 1.56 bits per heavy atom. The molecule has 0 aromatic heterocycles. The molecule has 0 radical (unpaired) electrons. The first-order chi connectivity index (χ1) is 7.57. The minimum absolute atomic E-state index is 0.0937. The van der Waals surface area contributed by atoms with Crippen LogP contribution in [0.2, 0.25) is 0 Å². The molecule has 3 N–H and O–H groups in total. The van der Waals surface area contributed by atoms with Crippen LogP contribution in [0.15, 0.2) is 18.2 Å². The van der Waals surface area contributed by atoms with Gasteiger partial charge in [-0.2, -0.15) is 0 Å². The van der Waals surface area contributed by atoms with Gasteiger partial charge in [-0.25, -0.2) is 4.39 Å². The second-order valence-corrected chi connectivity index (χ2v) is 3.53. The van der Waals surface area contributed by atoms with Gasteiger partial charge in [0.1, 0.15) is 5.82 Å². The summed E-state index contributed by atoms with van der Waals surface area (Å²) in [6.45, 7) is 1.22. The average Bonchev–Trinajstić information content (AvgIpc) is 2.28. The largest absolute Gasteiger partial charge is 0.396 e. The van der Waals surface area contributed by atoms with Crippen molar-refractivity contribution in [2.45, 2.75) is 0 Å². The number of carbonyl (C=O) groups excluding carboxylic acids is 1. The zero-order chi connectivity index (χ0) is 12.1. The lowest BCUT2D eigenvalue weighted by Crippen LogP contribution is -2.33. The van der Waals surface area contributed by atoms with Crippen molar-refractivity contribution in [1.29, 1.82) is 0 Å². The minimum atomic E-state index is -0.562. The number of hydrogen-bond donors (Lipinski definition) is 2. The maximum atomic E-state index is 13.1. The number of halogens is 1. The van der Waals surface area contributed by atoms with Gasteiger partial charge in [-0.05, 0) is 19.2 Å². The summed E-state index contributed by atoms with van der Waals surface area (Å²) in [5.74, 6) is -0.833. The predicted octanol–water partition coefficient (Wildman–Crippen LogP) is 0.699. The van der Waals surface area contributed by atoms with Gasteiger partial charge in [0.05, 0.1) is 11.3 Å². The summed E-state index contributed by atoms with van der Waals surface area (Å²) in [6, 6.07) is 4.24. The van der Waals surface area contributed by atoms with Crippen LogP contribution < -0.4 is 11.1 Å². The summed E-state index contributed by atoms with van der Waals surface area (Å²) in [5, 5.41) is 2.93. The smallest absolute Gasteiger partial charge is 0.255 e. The second-order valence-electron chi connectivity index (χ2n) is 3.53. The van der Waals surface area contributed by atoms with Gasteiger partial charge < -0.3 is 16.0 Å². The predicted molar refractivity (Wildman–Crippen MR) is 61.7 cm³/mol. The summed E-state index contributed by atoms with van der Waals surface area (Å²) < 4.78 is 13.1. The van der Waals surface area contributed by atoms with Crippen molar-refractivity contribution in [3.05, 3.63) is 29.6 Å². The van der Waals surface area contributed by atoms with Crippen LogP contribution in [0.4, 0.5) is 10.1 Å². The number of hydrogen-bond acceptors (Lipinski definition) is 3. The molecule has 0 saturated carbocycles. The van der Waals surface area contributed by atoms with Gasteiger partial charge in [-0.3, -0.25) is 4.79 Å². The summed E-state index contributed by atoms with van der Waals surface area (Å²) in [5.41, 5.74) is 5.63. The highest BCUT2D eigenvalue weighted by molar-refractivity contribution is 5.99. The number of anilines is 1. The van der Waals surface area contributed by atoms with Crippen LogP contribution in [0.5, 0.6) is 0 Å². The second kappa shape index (κ2) is 5.46. The van der Waals surface area contributed by atoms with Crippen molar-refractivity contribution >= 4 is 11.6 Å². The molecule has 0 unspecified atom stereocenters. The quantitative estimate of drug-likeness (QED) is 0.742. The molecular weight excluding hydrogens is 209 g/mol. The molecule has 0 aliphatic rings. The highest BCUT2D eigenvalue weighted by atomic mass is 19.1. The topological polar surface area (TPSA) is 58.4 Å². The lowest BCUT2D eigenvalue weighted by atomic mass is 10.1. The monoisotopic (exact) mass is 225 g/mol. The Morgan fingerprint density at radius 3 is 2.88 bits per heavy atom. The van der Waals surface area contributed by atoms with Crippen LogP contribution in [-0.4, -0.2) is 38.0 Å². The molecule has 1 aromatic rings. The zero-order valence-electron chi connectivity index (χ0n) is 9.46. The van der Waals surface area contributed by atoms with Crippen molar-refractivity contribution in [3.63, 3.8) is 0 Å². The number of nitrogens with zero attached hydrogens (tertiary/aromatic N) is 1. The van der Waals surface area contributed by atoms with E-state index in [9.17, 15) is 9.18 Å². The van der Waals surface area contributed by atoms with Gasteiger partial charge in [-0.15, -0.1) is 0 Å². The van der Waals surface area contributed by atoms with Gasteiger partial charge in [0.25, 0.3) is 5.91 Å². The van der Waals surface area contributed by atoms with Crippen LogP contribution in [0.3, 0.4) is 0 Å². The Hall–Kier alpha value is -1.62. The molecular formula is C11H16FN3O. The summed E-state index contributed by atoms with van der Waals surface area (Å²) in [7, 11) is 3.46. The molecule has 0 atom stereocenters. The number of benzene rings is 1. The molecule has 5 heteroatoms. The molecule has 0 heterocycles. The summed E-state index contributed by atoms with van der Waals surface area (Å²) >= 11 is 0. The Balaban J connectivity index is 2.84. The molecule has 1 rings (SSSR count).